The minimum absolute atomic E-state index is 0.0868. The minimum Gasteiger partial charge on any atom is -0.506 e. The van der Waals surface area contributed by atoms with Crippen LogP contribution in [0.1, 0.15) is 37.9 Å². The summed E-state index contributed by atoms with van der Waals surface area (Å²) >= 11 is 6.67. The summed E-state index contributed by atoms with van der Waals surface area (Å²) in [5.74, 6) is 0.229. The maximum atomic E-state index is 13.7. The maximum Gasteiger partial charge on any atom is 0.338 e. The number of phenols is 1. The highest BCUT2D eigenvalue weighted by Gasteiger charge is 2.33. The van der Waals surface area contributed by atoms with Crippen LogP contribution >= 0.6 is 49.9 Å². The van der Waals surface area contributed by atoms with Gasteiger partial charge in [0.05, 0.1) is 38.6 Å². The average molecular weight is 669 g/mol. The van der Waals surface area contributed by atoms with Crippen molar-refractivity contribution in [3.8, 4) is 11.5 Å². The second-order valence-electron chi connectivity index (χ2n) is 8.13. The van der Waals surface area contributed by atoms with E-state index in [4.69, 9.17) is 9.47 Å². The lowest BCUT2D eigenvalue weighted by molar-refractivity contribution is -0.143. The van der Waals surface area contributed by atoms with Gasteiger partial charge in [-0.1, -0.05) is 39.4 Å². The molecule has 3 aromatic rings. The summed E-state index contributed by atoms with van der Waals surface area (Å²) in [5.41, 5.74) is 1.71. The Labute approximate surface area is 227 Å². The van der Waals surface area contributed by atoms with Crippen LogP contribution in [0.25, 0.3) is 6.08 Å². The van der Waals surface area contributed by atoms with Gasteiger partial charge in [0.2, 0.25) is 0 Å². The zero-order valence-corrected chi connectivity index (χ0v) is 23.9. The Morgan fingerprint density at radius 1 is 1.29 bits per heavy atom. The molecule has 35 heavy (non-hydrogen) atoms. The van der Waals surface area contributed by atoms with Gasteiger partial charge in [-0.2, -0.15) is 0 Å². The van der Waals surface area contributed by atoms with Crippen LogP contribution in [-0.2, 0) is 9.53 Å². The van der Waals surface area contributed by atoms with Crippen LogP contribution in [0.2, 0.25) is 0 Å². The molecule has 1 N–H and O–H groups in total. The zero-order chi connectivity index (χ0) is 25.4. The van der Waals surface area contributed by atoms with Crippen LogP contribution in [0.15, 0.2) is 61.9 Å². The summed E-state index contributed by atoms with van der Waals surface area (Å²) in [6.45, 7) is 5.29. The first-order valence-electron chi connectivity index (χ1n) is 10.7. The van der Waals surface area contributed by atoms with Crippen molar-refractivity contribution >= 4 is 61.9 Å². The number of ether oxygens (including phenoxy) is 2. The third-order valence-corrected chi connectivity index (χ3v) is 7.62. The maximum absolute atomic E-state index is 13.7. The Morgan fingerprint density at radius 3 is 2.60 bits per heavy atom. The number of carbonyl (C=O) groups excluding carboxylic acids is 1. The van der Waals surface area contributed by atoms with E-state index in [1.54, 1.807) is 58.2 Å². The second kappa shape index (κ2) is 10.3. The monoisotopic (exact) mass is 668 g/mol. The lowest BCUT2D eigenvalue weighted by atomic mass is 9.96. The number of benzene rings is 2. The number of aromatic nitrogens is 1. The molecule has 0 amide bonds. The van der Waals surface area contributed by atoms with Crippen LogP contribution in [0, 0.1) is 3.57 Å². The van der Waals surface area contributed by atoms with Crippen LogP contribution in [-0.4, -0.2) is 28.9 Å². The van der Waals surface area contributed by atoms with Gasteiger partial charge in [-0.25, -0.2) is 9.79 Å². The molecular weight excluding hydrogens is 647 g/mol. The lowest BCUT2D eigenvalue weighted by Gasteiger charge is -2.25. The Morgan fingerprint density at radius 2 is 1.97 bits per heavy atom. The van der Waals surface area contributed by atoms with Crippen LogP contribution in [0.3, 0.4) is 0 Å². The van der Waals surface area contributed by atoms with Crippen LogP contribution < -0.4 is 19.6 Å². The molecule has 0 saturated carbocycles. The molecule has 0 radical (unpaired) electrons. The van der Waals surface area contributed by atoms with E-state index < -0.39 is 12.0 Å². The summed E-state index contributed by atoms with van der Waals surface area (Å²) in [6.07, 6.45) is 1.31. The van der Waals surface area contributed by atoms with E-state index in [0.29, 0.717) is 35.5 Å². The van der Waals surface area contributed by atoms with Crippen molar-refractivity contribution in [2.75, 3.05) is 7.11 Å². The van der Waals surface area contributed by atoms with Crippen molar-refractivity contribution < 1.29 is 19.4 Å². The van der Waals surface area contributed by atoms with Gasteiger partial charge < -0.3 is 14.6 Å². The standard InChI is InChI=1S/C25H22BrIN2O5S/c1-12(2)34-24(32)20-13(3)28-25-29(21(20)14-5-7-17(33-4)8-6-14)23(31)19(35-25)10-15-9-16(26)11-18(27)22(15)30/h5-12,21,30H,1-4H3/b19-10+/t21-/m1/s1. The Kier molecular flexibility index (Phi) is 7.53. The first-order valence-corrected chi connectivity index (χ1v) is 13.3. The van der Waals surface area contributed by atoms with E-state index in [0.717, 1.165) is 10.0 Å². The van der Waals surface area contributed by atoms with E-state index in [1.807, 2.05) is 34.7 Å². The van der Waals surface area contributed by atoms with Gasteiger partial charge in [0, 0.05) is 10.0 Å². The van der Waals surface area contributed by atoms with Crippen molar-refractivity contribution in [1.82, 2.24) is 4.57 Å². The molecular formula is C25H22BrIN2O5S. The Hall–Kier alpha value is -2.44. The fourth-order valence-corrected chi connectivity index (χ4v) is 6.39. The molecule has 1 atom stereocenters. The molecule has 7 nitrogen and oxygen atoms in total. The number of methoxy groups -OCH3 is 1. The number of carbonyl (C=O) groups is 1. The number of hydrogen-bond donors (Lipinski definition) is 1. The number of hydrogen-bond acceptors (Lipinski definition) is 7. The molecule has 1 aromatic heterocycles. The summed E-state index contributed by atoms with van der Waals surface area (Å²) in [6, 6.07) is 10.0. The normalized spacial score (nSPS) is 15.7. The summed E-state index contributed by atoms with van der Waals surface area (Å²) in [5, 5.41) is 10.5. The highest BCUT2D eigenvalue weighted by atomic mass is 127. The van der Waals surface area contributed by atoms with E-state index in [-0.39, 0.29) is 17.4 Å². The highest BCUT2D eigenvalue weighted by molar-refractivity contribution is 14.1. The van der Waals surface area contributed by atoms with Crippen LogP contribution in [0.5, 0.6) is 11.5 Å². The molecule has 1 aliphatic heterocycles. The molecule has 0 spiro atoms. The molecule has 0 saturated heterocycles. The molecule has 10 heteroatoms. The van der Waals surface area contributed by atoms with Gasteiger partial charge in [0.25, 0.3) is 5.56 Å². The molecule has 2 aromatic carbocycles. The largest absolute Gasteiger partial charge is 0.506 e. The van der Waals surface area contributed by atoms with Gasteiger partial charge in [0.15, 0.2) is 4.80 Å². The van der Waals surface area contributed by atoms with Gasteiger partial charge in [-0.15, -0.1) is 0 Å². The fraction of sp³-hybridized carbons (Fsp3) is 0.240. The van der Waals surface area contributed by atoms with Gasteiger partial charge in [-0.3, -0.25) is 9.36 Å². The number of nitrogens with zero attached hydrogens (tertiary/aromatic N) is 2. The molecule has 2 heterocycles. The predicted molar refractivity (Wildman–Crippen MR) is 147 cm³/mol. The van der Waals surface area contributed by atoms with E-state index in [1.165, 1.54) is 15.9 Å². The first-order chi connectivity index (χ1) is 16.6. The summed E-state index contributed by atoms with van der Waals surface area (Å²) in [4.78, 5) is 31.9. The number of esters is 1. The van der Waals surface area contributed by atoms with Crippen molar-refractivity contribution in [3.63, 3.8) is 0 Å². The van der Waals surface area contributed by atoms with Gasteiger partial charge in [-0.05, 0) is 79.3 Å². The highest BCUT2D eigenvalue weighted by Crippen LogP contribution is 2.32. The number of rotatable bonds is 5. The van der Waals surface area contributed by atoms with Crippen molar-refractivity contribution in [1.29, 1.82) is 0 Å². The molecule has 0 fully saturated rings. The van der Waals surface area contributed by atoms with Crippen molar-refractivity contribution in [2.45, 2.75) is 32.9 Å². The first kappa shape index (κ1) is 25.6. The second-order valence-corrected chi connectivity index (χ2v) is 11.2. The molecule has 1 aliphatic rings. The number of aromatic hydroxyl groups is 1. The minimum atomic E-state index is -0.721. The third-order valence-electron chi connectivity index (χ3n) is 5.36. The van der Waals surface area contributed by atoms with Crippen LogP contribution in [0.4, 0.5) is 0 Å². The van der Waals surface area contributed by atoms with Crippen molar-refractivity contribution in [3.05, 3.63) is 86.5 Å². The molecule has 0 aliphatic carbocycles. The Bertz CT molecular complexity index is 1520. The molecule has 182 valence electrons. The van der Waals surface area contributed by atoms with Gasteiger partial charge in [0.1, 0.15) is 11.5 Å². The number of phenolic OH excluding ortho intramolecular Hbond substituents is 1. The topological polar surface area (TPSA) is 90.1 Å². The fourth-order valence-electron chi connectivity index (χ4n) is 3.80. The van der Waals surface area contributed by atoms with E-state index >= 15 is 0 Å². The molecule has 4 rings (SSSR count). The summed E-state index contributed by atoms with van der Waals surface area (Å²) in [7, 11) is 1.58. The molecule has 0 unspecified atom stereocenters. The quantitative estimate of drug-likeness (QED) is 0.324. The third kappa shape index (κ3) is 5.10. The van der Waals surface area contributed by atoms with Gasteiger partial charge >= 0.3 is 5.97 Å². The molecule has 0 bridgehead atoms. The SMILES string of the molecule is COc1ccc([C@@H]2C(C(=O)OC(C)C)=C(C)N=c3s/c(=C/c4cc(Br)cc(I)c4O)c(=O)n32)cc1. The Balaban J connectivity index is 1.96. The lowest BCUT2D eigenvalue weighted by Crippen LogP contribution is -2.40. The van der Waals surface area contributed by atoms with E-state index in [2.05, 4.69) is 20.9 Å². The summed E-state index contributed by atoms with van der Waals surface area (Å²) < 4.78 is 14.1. The number of thiazole rings is 1. The number of halogens is 2. The van der Waals surface area contributed by atoms with Crippen molar-refractivity contribution in [2.24, 2.45) is 4.99 Å². The smallest absolute Gasteiger partial charge is 0.338 e. The number of fused-ring (bicyclic) bond motifs is 1. The predicted octanol–water partition coefficient (Wildman–Crippen LogP) is 4.27. The average Bonchev–Trinajstić information content (AvgIpc) is 3.10. The number of allylic oxidation sites excluding steroid dienone is 1. The van der Waals surface area contributed by atoms with E-state index in [9.17, 15) is 14.7 Å². The zero-order valence-electron chi connectivity index (χ0n) is 19.3.